The highest BCUT2D eigenvalue weighted by molar-refractivity contribution is 8.08. The lowest BCUT2D eigenvalue weighted by Crippen LogP contribution is -2.33. The monoisotopic (exact) mass is 385 g/mol. The highest BCUT2D eigenvalue weighted by Crippen LogP contribution is 2.44. The van der Waals surface area contributed by atoms with E-state index in [1.54, 1.807) is 22.4 Å². The van der Waals surface area contributed by atoms with E-state index in [0.29, 0.717) is 16.8 Å². The van der Waals surface area contributed by atoms with Crippen molar-refractivity contribution in [3.63, 3.8) is 0 Å². The Morgan fingerprint density at radius 1 is 1.23 bits per heavy atom. The summed E-state index contributed by atoms with van der Waals surface area (Å²) in [6, 6.07) is 11.1. The van der Waals surface area contributed by atoms with Crippen LogP contribution in [0.3, 0.4) is 0 Å². The van der Waals surface area contributed by atoms with Crippen LogP contribution in [-0.2, 0) is 6.54 Å². The largest absolute Gasteiger partial charge is 0.337 e. The minimum atomic E-state index is -0.376. The molecule has 4 rings (SSSR count). The van der Waals surface area contributed by atoms with Crippen molar-refractivity contribution in [2.24, 2.45) is 0 Å². The number of thioether (sulfide) groups is 1. The molecule has 0 saturated heterocycles. The molecule has 4 nitrogen and oxygen atoms in total. The number of anilines is 1. The number of pyridine rings is 1. The molecule has 0 spiro atoms. The smallest absolute Gasteiger partial charge is 0.271 e. The second kappa shape index (κ2) is 6.74. The predicted octanol–water partition coefficient (Wildman–Crippen LogP) is 2.60. The third-order valence-corrected chi connectivity index (χ3v) is 6.67. The third kappa shape index (κ3) is 2.87. The summed E-state index contributed by atoms with van der Waals surface area (Å²) in [4.78, 5) is 20.2. The topological polar surface area (TPSA) is 38.1 Å². The molecule has 0 bridgehead atoms. The van der Waals surface area contributed by atoms with Gasteiger partial charge in [-0.05, 0) is 37.3 Å². The minimum absolute atomic E-state index is 0.00646. The Balaban J connectivity index is 1.92. The molecular weight excluding hydrogens is 369 g/mol. The number of aromatic nitrogens is 2. The molecule has 0 unspecified atom stereocenters. The van der Waals surface area contributed by atoms with Crippen molar-refractivity contribution in [3.05, 3.63) is 73.7 Å². The fraction of sp³-hybridized carbons (Fsp3) is 0.158. The zero-order valence-electron chi connectivity index (χ0n) is 14.3. The summed E-state index contributed by atoms with van der Waals surface area (Å²) in [6.07, 6.45) is 3.01. The van der Waals surface area contributed by atoms with E-state index in [1.165, 1.54) is 23.6 Å². The minimum Gasteiger partial charge on any atom is -0.337 e. The maximum Gasteiger partial charge on any atom is 0.271 e. The van der Waals surface area contributed by atoms with Crippen molar-refractivity contribution in [1.29, 1.82) is 0 Å². The first-order chi connectivity index (χ1) is 12.6. The van der Waals surface area contributed by atoms with Crippen LogP contribution in [0.25, 0.3) is 11.1 Å². The standard InChI is InChI=1S/C19H16FN3OS2/c1-3-23-16(10-13-9-8-12(20)11-21-13)26-17(18(23)24)19-22(2)14-6-4-5-7-15(14)25-19/h4-11H,3H2,1-2H3/b16-10-,19-17+. The van der Waals surface area contributed by atoms with Crippen molar-refractivity contribution in [3.8, 4) is 0 Å². The predicted molar refractivity (Wildman–Crippen MR) is 105 cm³/mol. The van der Waals surface area contributed by atoms with Crippen molar-refractivity contribution in [2.75, 3.05) is 11.9 Å². The molecule has 0 N–H and O–H groups in total. The van der Waals surface area contributed by atoms with Gasteiger partial charge in [-0.3, -0.25) is 14.3 Å². The Morgan fingerprint density at radius 2 is 2.04 bits per heavy atom. The zero-order valence-corrected chi connectivity index (χ0v) is 15.9. The van der Waals surface area contributed by atoms with E-state index >= 15 is 0 Å². The fourth-order valence-corrected chi connectivity index (χ4v) is 5.33. The lowest BCUT2D eigenvalue weighted by atomic mass is 10.3. The summed E-state index contributed by atoms with van der Waals surface area (Å²) < 4.78 is 16.3. The molecule has 0 atom stereocenters. The van der Waals surface area contributed by atoms with Crippen LogP contribution >= 0.6 is 23.1 Å². The molecule has 3 aromatic rings. The average molecular weight is 385 g/mol. The normalized spacial score (nSPS) is 16.3. The summed E-state index contributed by atoms with van der Waals surface area (Å²) in [7, 11) is 1.98. The second-order valence-corrected chi connectivity index (χ2v) is 7.86. The molecule has 2 aromatic heterocycles. The Hall–Kier alpha value is -2.38. The van der Waals surface area contributed by atoms with E-state index < -0.39 is 0 Å². The van der Waals surface area contributed by atoms with Gasteiger partial charge < -0.3 is 4.90 Å². The van der Waals surface area contributed by atoms with Gasteiger partial charge in [0.15, 0.2) is 0 Å². The molecule has 0 aliphatic carbocycles. The molecular formula is C19H16FN3OS2. The highest BCUT2D eigenvalue weighted by Gasteiger charge is 2.24. The van der Waals surface area contributed by atoms with Gasteiger partial charge in [-0.2, -0.15) is 0 Å². The summed E-state index contributed by atoms with van der Waals surface area (Å²) in [6.45, 7) is 2.51. The van der Waals surface area contributed by atoms with Crippen molar-refractivity contribution in [2.45, 2.75) is 18.4 Å². The lowest BCUT2D eigenvalue weighted by molar-refractivity contribution is 0.621. The van der Waals surface area contributed by atoms with Crippen LogP contribution in [0.2, 0.25) is 0 Å². The first kappa shape index (κ1) is 17.1. The first-order valence-corrected chi connectivity index (χ1v) is 9.79. The molecule has 0 saturated carbocycles. The van der Waals surface area contributed by atoms with Crippen molar-refractivity contribution in [1.82, 2.24) is 9.55 Å². The molecule has 1 aliphatic heterocycles. The van der Waals surface area contributed by atoms with Crippen LogP contribution in [-0.4, -0.2) is 16.6 Å². The van der Waals surface area contributed by atoms with Gasteiger partial charge in [-0.1, -0.05) is 23.9 Å². The molecule has 132 valence electrons. The Kier molecular flexibility index (Phi) is 4.42. The van der Waals surface area contributed by atoms with Gasteiger partial charge in [0, 0.05) is 18.5 Å². The van der Waals surface area contributed by atoms with Crippen LogP contribution in [0.5, 0.6) is 0 Å². The number of rotatable bonds is 2. The number of hydrogen-bond acceptors (Lipinski definition) is 5. The molecule has 0 amide bonds. The average Bonchev–Trinajstić information content (AvgIpc) is 3.14. The summed E-state index contributed by atoms with van der Waals surface area (Å²) in [5.41, 5.74) is 1.73. The van der Waals surface area contributed by atoms with Gasteiger partial charge in [0.2, 0.25) is 0 Å². The third-order valence-electron chi connectivity index (χ3n) is 4.18. The van der Waals surface area contributed by atoms with Crippen LogP contribution in [0, 0.1) is 5.82 Å². The van der Waals surface area contributed by atoms with Gasteiger partial charge in [-0.15, -0.1) is 11.3 Å². The Labute approximate surface area is 157 Å². The molecule has 0 fully saturated rings. The number of hydrogen-bond donors (Lipinski definition) is 0. The van der Waals surface area contributed by atoms with Crippen molar-refractivity contribution < 1.29 is 4.39 Å². The summed E-state index contributed by atoms with van der Waals surface area (Å²) in [5.74, 6) is -0.376. The van der Waals surface area contributed by atoms with Crippen LogP contribution < -0.4 is 19.7 Å². The van der Waals surface area contributed by atoms with Crippen LogP contribution in [0.15, 0.2) is 52.3 Å². The number of para-hydroxylation sites is 1. The first-order valence-electron chi connectivity index (χ1n) is 8.16. The van der Waals surface area contributed by atoms with Gasteiger partial charge in [0.25, 0.3) is 5.56 Å². The van der Waals surface area contributed by atoms with E-state index in [4.69, 9.17) is 0 Å². The maximum atomic E-state index is 13.1. The number of nitrogens with zero attached hydrogens (tertiary/aromatic N) is 3. The molecule has 1 aliphatic rings. The number of halogens is 1. The van der Waals surface area contributed by atoms with E-state index in [2.05, 4.69) is 22.0 Å². The van der Waals surface area contributed by atoms with Crippen LogP contribution in [0.1, 0.15) is 12.6 Å². The van der Waals surface area contributed by atoms with Gasteiger partial charge in [0.1, 0.15) is 20.0 Å². The zero-order chi connectivity index (χ0) is 18.3. The van der Waals surface area contributed by atoms with E-state index in [0.717, 1.165) is 20.3 Å². The number of benzene rings is 1. The lowest BCUT2D eigenvalue weighted by Gasteiger charge is -2.11. The molecule has 1 aromatic carbocycles. The Bertz CT molecular complexity index is 1150. The highest BCUT2D eigenvalue weighted by atomic mass is 32.2. The summed E-state index contributed by atoms with van der Waals surface area (Å²) >= 11 is 3.06. The number of fused-ring (bicyclic) bond motifs is 1. The van der Waals surface area contributed by atoms with E-state index in [1.807, 2.05) is 32.2 Å². The molecule has 3 heterocycles. The molecule has 7 heteroatoms. The molecule has 26 heavy (non-hydrogen) atoms. The van der Waals surface area contributed by atoms with Gasteiger partial charge >= 0.3 is 0 Å². The Morgan fingerprint density at radius 3 is 2.73 bits per heavy atom. The maximum absolute atomic E-state index is 13.1. The van der Waals surface area contributed by atoms with Crippen LogP contribution in [0.4, 0.5) is 10.1 Å². The fourth-order valence-electron chi connectivity index (χ4n) is 2.87. The quantitative estimate of drug-likeness (QED) is 0.680. The van der Waals surface area contributed by atoms with E-state index in [9.17, 15) is 9.18 Å². The van der Waals surface area contributed by atoms with Crippen molar-refractivity contribution >= 4 is 39.9 Å². The van der Waals surface area contributed by atoms with Gasteiger partial charge in [-0.25, -0.2) is 4.39 Å². The molecule has 0 radical (unpaired) electrons. The number of thiazole rings is 1. The van der Waals surface area contributed by atoms with Gasteiger partial charge in [0.05, 0.1) is 17.6 Å². The SMILES string of the molecule is CCn1c(=O)/c(=C2\Sc3ccccc3N2C)s/c1=C\c1ccc(F)cn1. The van der Waals surface area contributed by atoms with E-state index in [-0.39, 0.29) is 11.4 Å². The summed E-state index contributed by atoms with van der Waals surface area (Å²) in [5, 5.41) is 0.940. The second-order valence-electron chi connectivity index (χ2n) is 5.80.